The van der Waals surface area contributed by atoms with Crippen LogP contribution in [0.1, 0.15) is 47.0 Å². The zero-order chi connectivity index (χ0) is 21.9. The van der Waals surface area contributed by atoms with Crippen molar-refractivity contribution in [3.8, 4) is 11.4 Å². The molecule has 5 rings (SSSR count). The van der Waals surface area contributed by atoms with Crippen LogP contribution in [0.2, 0.25) is 0 Å². The predicted molar refractivity (Wildman–Crippen MR) is 117 cm³/mol. The number of aryl methyl sites for hydroxylation is 1. The molecule has 0 aliphatic carbocycles. The molecular formula is C24H25N5O3. The van der Waals surface area contributed by atoms with Gasteiger partial charge in [0, 0.05) is 61.9 Å². The zero-order valence-corrected chi connectivity index (χ0v) is 17.7. The van der Waals surface area contributed by atoms with Crippen molar-refractivity contribution in [1.82, 2.24) is 25.3 Å². The van der Waals surface area contributed by atoms with Crippen molar-refractivity contribution < 1.29 is 14.1 Å². The van der Waals surface area contributed by atoms with Crippen molar-refractivity contribution in [2.75, 3.05) is 19.6 Å². The molecule has 2 amide bonds. The highest BCUT2D eigenvalue weighted by atomic mass is 16.5. The van der Waals surface area contributed by atoms with Crippen LogP contribution in [0.4, 0.5) is 0 Å². The number of pyridine rings is 1. The first-order chi connectivity index (χ1) is 15.7. The number of amides is 2. The van der Waals surface area contributed by atoms with E-state index < -0.39 is 0 Å². The van der Waals surface area contributed by atoms with Gasteiger partial charge in [-0.1, -0.05) is 23.4 Å². The number of nitrogens with zero attached hydrogens (tertiary/aromatic N) is 4. The molecule has 1 atom stereocenters. The SMILES string of the molecule is O=C1NC[C@H](C2CCN(C(=O)CCc3nc(-c4cccnc4)no3)CC2)c2ccccc21. The maximum Gasteiger partial charge on any atom is 0.251 e. The van der Waals surface area contributed by atoms with Crippen LogP contribution < -0.4 is 5.32 Å². The zero-order valence-electron chi connectivity index (χ0n) is 17.7. The minimum Gasteiger partial charge on any atom is -0.351 e. The van der Waals surface area contributed by atoms with Gasteiger partial charge >= 0.3 is 0 Å². The number of carbonyl (C=O) groups is 2. The first-order valence-electron chi connectivity index (χ1n) is 11.1. The summed E-state index contributed by atoms with van der Waals surface area (Å²) in [6, 6.07) is 11.6. The van der Waals surface area contributed by atoms with Crippen molar-refractivity contribution in [3.05, 3.63) is 65.8 Å². The van der Waals surface area contributed by atoms with Crippen molar-refractivity contribution in [2.24, 2.45) is 5.92 Å². The lowest BCUT2D eigenvalue weighted by atomic mass is 9.76. The Kier molecular flexibility index (Phi) is 5.66. The van der Waals surface area contributed by atoms with Crippen molar-refractivity contribution >= 4 is 11.8 Å². The van der Waals surface area contributed by atoms with Crippen molar-refractivity contribution in [1.29, 1.82) is 0 Å². The average molecular weight is 431 g/mol. The number of nitrogens with one attached hydrogen (secondary N) is 1. The third-order valence-corrected chi connectivity index (χ3v) is 6.49. The van der Waals surface area contributed by atoms with E-state index in [2.05, 4.69) is 26.5 Å². The molecule has 1 aromatic carbocycles. The molecule has 4 heterocycles. The molecule has 1 saturated heterocycles. The third-order valence-electron chi connectivity index (χ3n) is 6.49. The molecule has 1 fully saturated rings. The first kappa shape index (κ1) is 20.4. The van der Waals surface area contributed by atoms with E-state index in [0.29, 0.717) is 42.9 Å². The van der Waals surface area contributed by atoms with E-state index in [0.717, 1.165) is 42.6 Å². The molecular weight excluding hydrogens is 406 g/mol. The lowest BCUT2D eigenvalue weighted by molar-refractivity contribution is -0.132. The van der Waals surface area contributed by atoms with Gasteiger partial charge in [0.15, 0.2) is 0 Å². The number of hydrogen-bond acceptors (Lipinski definition) is 6. The molecule has 0 unspecified atom stereocenters. The smallest absolute Gasteiger partial charge is 0.251 e. The summed E-state index contributed by atoms with van der Waals surface area (Å²) in [5.74, 6) is 1.84. The Labute approximate surface area is 186 Å². The maximum absolute atomic E-state index is 12.7. The van der Waals surface area contributed by atoms with Crippen LogP contribution in [0.15, 0.2) is 53.3 Å². The summed E-state index contributed by atoms with van der Waals surface area (Å²) in [6.07, 6.45) is 6.02. The number of rotatable bonds is 5. The molecule has 2 aliphatic rings. The fraction of sp³-hybridized carbons (Fsp3) is 0.375. The fourth-order valence-electron chi connectivity index (χ4n) is 4.75. The Hall–Kier alpha value is -3.55. The van der Waals surface area contributed by atoms with Crippen molar-refractivity contribution in [3.63, 3.8) is 0 Å². The van der Waals surface area contributed by atoms with E-state index in [1.54, 1.807) is 12.4 Å². The highest BCUT2D eigenvalue weighted by molar-refractivity contribution is 5.97. The second kappa shape index (κ2) is 8.90. The summed E-state index contributed by atoms with van der Waals surface area (Å²) >= 11 is 0. The Morgan fingerprint density at radius 3 is 2.81 bits per heavy atom. The second-order valence-electron chi connectivity index (χ2n) is 8.38. The highest BCUT2D eigenvalue weighted by Gasteiger charge is 2.33. The minimum absolute atomic E-state index is 0.0113. The van der Waals surface area contributed by atoms with Gasteiger partial charge in [0.25, 0.3) is 5.91 Å². The average Bonchev–Trinajstić information content (AvgIpc) is 3.33. The quantitative estimate of drug-likeness (QED) is 0.667. The summed E-state index contributed by atoms with van der Waals surface area (Å²) in [5.41, 5.74) is 2.71. The minimum atomic E-state index is 0.0113. The number of aromatic nitrogens is 3. The fourth-order valence-corrected chi connectivity index (χ4v) is 4.75. The molecule has 164 valence electrons. The number of hydrogen-bond donors (Lipinski definition) is 1. The van der Waals surface area contributed by atoms with Gasteiger partial charge in [-0.15, -0.1) is 0 Å². The number of carbonyl (C=O) groups excluding carboxylic acids is 2. The van der Waals surface area contributed by atoms with Crippen molar-refractivity contribution in [2.45, 2.75) is 31.6 Å². The second-order valence-corrected chi connectivity index (χ2v) is 8.38. The monoisotopic (exact) mass is 431 g/mol. The van der Waals surface area contributed by atoms with Crippen LogP contribution in [0.25, 0.3) is 11.4 Å². The van der Waals surface area contributed by atoms with Gasteiger partial charge in [-0.25, -0.2) is 0 Å². The molecule has 0 saturated carbocycles. The third kappa shape index (κ3) is 4.12. The summed E-state index contributed by atoms with van der Waals surface area (Å²) in [6.45, 7) is 2.15. The van der Waals surface area contributed by atoms with Crippen LogP contribution >= 0.6 is 0 Å². The van der Waals surface area contributed by atoms with Gasteiger partial charge < -0.3 is 14.7 Å². The summed E-state index contributed by atoms with van der Waals surface area (Å²) in [5, 5.41) is 7.01. The standard InChI is InChI=1S/C24H25N5O3/c30-22(8-7-21-27-23(28-32-21)17-4-3-11-25-14-17)29-12-9-16(10-13-29)20-15-26-24(31)19-6-2-1-5-18(19)20/h1-6,11,14,16,20H,7-10,12-13,15H2,(H,26,31)/t20-/m1/s1. The van der Waals surface area contributed by atoms with Gasteiger partial charge in [0.2, 0.25) is 17.6 Å². The molecule has 32 heavy (non-hydrogen) atoms. The molecule has 8 nitrogen and oxygen atoms in total. The van der Waals surface area contributed by atoms with Gasteiger partial charge in [0.1, 0.15) is 0 Å². The maximum atomic E-state index is 12.7. The number of benzene rings is 1. The van der Waals surface area contributed by atoms with Crippen LogP contribution in [-0.2, 0) is 11.2 Å². The van der Waals surface area contributed by atoms with E-state index >= 15 is 0 Å². The van der Waals surface area contributed by atoms with E-state index in [4.69, 9.17) is 4.52 Å². The number of fused-ring (bicyclic) bond motifs is 1. The molecule has 0 spiro atoms. The predicted octanol–water partition coefficient (Wildman–Crippen LogP) is 2.83. The largest absolute Gasteiger partial charge is 0.351 e. The number of piperidine rings is 1. The Bertz CT molecular complexity index is 1110. The van der Waals surface area contributed by atoms with Crippen LogP contribution in [-0.4, -0.2) is 51.5 Å². The first-order valence-corrected chi connectivity index (χ1v) is 11.1. The van der Waals surface area contributed by atoms with E-state index in [1.807, 2.05) is 35.2 Å². The van der Waals surface area contributed by atoms with E-state index in [9.17, 15) is 9.59 Å². The molecule has 2 aliphatic heterocycles. The summed E-state index contributed by atoms with van der Waals surface area (Å²) in [4.78, 5) is 35.3. The number of likely N-dealkylation sites (tertiary alicyclic amines) is 1. The summed E-state index contributed by atoms with van der Waals surface area (Å²) in [7, 11) is 0. The Balaban J connectivity index is 1.14. The van der Waals surface area contributed by atoms with Gasteiger partial charge in [0.05, 0.1) is 0 Å². The van der Waals surface area contributed by atoms with Crippen LogP contribution in [0, 0.1) is 5.92 Å². The Morgan fingerprint density at radius 2 is 2.00 bits per heavy atom. The Morgan fingerprint density at radius 1 is 1.16 bits per heavy atom. The van der Waals surface area contributed by atoms with Gasteiger partial charge in [-0.05, 0) is 42.5 Å². The normalized spacial score (nSPS) is 18.8. The van der Waals surface area contributed by atoms with Gasteiger partial charge in [-0.3, -0.25) is 14.6 Å². The lowest BCUT2D eigenvalue weighted by Gasteiger charge is -2.38. The topological polar surface area (TPSA) is 101 Å². The van der Waals surface area contributed by atoms with Crippen LogP contribution in [0.5, 0.6) is 0 Å². The molecule has 3 aromatic rings. The molecule has 1 N–H and O–H groups in total. The van der Waals surface area contributed by atoms with E-state index in [1.165, 1.54) is 0 Å². The van der Waals surface area contributed by atoms with E-state index in [-0.39, 0.29) is 11.8 Å². The molecule has 8 heteroatoms. The molecule has 2 aromatic heterocycles. The lowest BCUT2D eigenvalue weighted by Crippen LogP contribution is -2.43. The molecule has 0 radical (unpaired) electrons. The van der Waals surface area contributed by atoms with Gasteiger partial charge in [-0.2, -0.15) is 4.98 Å². The summed E-state index contributed by atoms with van der Waals surface area (Å²) < 4.78 is 5.30. The molecule has 0 bridgehead atoms. The highest BCUT2D eigenvalue weighted by Crippen LogP contribution is 2.36. The van der Waals surface area contributed by atoms with Crippen LogP contribution in [0.3, 0.4) is 0 Å².